The van der Waals surface area contributed by atoms with E-state index in [4.69, 9.17) is 5.84 Å². The molecule has 1 unspecified atom stereocenters. The molecule has 2 rings (SSSR count). The molecule has 1 atom stereocenters. The van der Waals surface area contributed by atoms with Gasteiger partial charge in [0.25, 0.3) is 0 Å². The van der Waals surface area contributed by atoms with Crippen LogP contribution in [0.15, 0.2) is 17.0 Å². The third kappa shape index (κ3) is 3.22. The van der Waals surface area contributed by atoms with Gasteiger partial charge in [-0.1, -0.05) is 13.3 Å². The van der Waals surface area contributed by atoms with E-state index in [-0.39, 0.29) is 0 Å². The van der Waals surface area contributed by atoms with E-state index in [9.17, 15) is 8.42 Å². The Kier molecular flexibility index (Phi) is 4.91. The zero-order valence-electron chi connectivity index (χ0n) is 13.0. The lowest BCUT2D eigenvalue weighted by Gasteiger charge is -2.32. The number of nitrogens with one attached hydrogen (secondary N) is 1. The topological polar surface area (TPSA) is 75.4 Å². The molecular formula is C15H25N3O2S. The average Bonchev–Trinajstić information content (AvgIpc) is 2.46. The van der Waals surface area contributed by atoms with Gasteiger partial charge in [0.05, 0.1) is 4.90 Å². The lowest BCUT2D eigenvalue weighted by molar-refractivity contribution is 0.261. The summed E-state index contributed by atoms with van der Waals surface area (Å²) in [7, 11) is -3.43. The third-order valence-corrected chi connectivity index (χ3v) is 6.46. The van der Waals surface area contributed by atoms with Gasteiger partial charge in [0, 0.05) is 18.8 Å². The van der Waals surface area contributed by atoms with Gasteiger partial charge in [0.2, 0.25) is 10.0 Å². The zero-order valence-corrected chi connectivity index (χ0v) is 13.8. The van der Waals surface area contributed by atoms with Crippen molar-refractivity contribution < 1.29 is 8.42 Å². The highest BCUT2D eigenvalue weighted by Crippen LogP contribution is 2.30. The Morgan fingerprint density at radius 3 is 2.48 bits per heavy atom. The highest BCUT2D eigenvalue weighted by molar-refractivity contribution is 7.89. The molecule has 1 fully saturated rings. The van der Waals surface area contributed by atoms with Crippen LogP contribution >= 0.6 is 0 Å². The second-order valence-corrected chi connectivity index (χ2v) is 7.74. The van der Waals surface area contributed by atoms with Crippen LogP contribution in [0.2, 0.25) is 0 Å². The summed E-state index contributed by atoms with van der Waals surface area (Å²) in [6, 6.07) is 3.56. The Bertz CT molecular complexity index is 590. The van der Waals surface area contributed by atoms with Gasteiger partial charge < -0.3 is 5.43 Å². The predicted molar refractivity (Wildman–Crippen MR) is 85.5 cm³/mol. The fourth-order valence-electron chi connectivity index (χ4n) is 3.15. The van der Waals surface area contributed by atoms with E-state index in [1.54, 1.807) is 16.4 Å². The van der Waals surface area contributed by atoms with Gasteiger partial charge in [0.1, 0.15) is 0 Å². The van der Waals surface area contributed by atoms with Crippen molar-refractivity contribution in [3.05, 3.63) is 23.3 Å². The van der Waals surface area contributed by atoms with Crippen molar-refractivity contribution in [2.75, 3.05) is 18.5 Å². The second kappa shape index (κ2) is 6.34. The normalized spacial score (nSPS) is 20.5. The van der Waals surface area contributed by atoms with Crippen molar-refractivity contribution in [1.29, 1.82) is 0 Å². The Morgan fingerprint density at radius 2 is 1.95 bits per heavy atom. The SMILES string of the molecule is CCC1CCCN(S(=O)(=O)c2c(C)cc(NN)cc2C)C1. The smallest absolute Gasteiger partial charge is 0.243 e. The summed E-state index contributed by atoms with van der Waals surface area (Å²) in [5, 5.41) is 0. The summed E-state index contributed by atoms with van der Waals surface area (Å²) in [5.41, 5.74) is 4.78. The number of sulfonamides is 1. The lowest BCUT2D eigenvalue weighted by atomic mass is 9.97. The van der Waals surface area contributed by atoms with Gasteiger partial charge in [-0.15, -0.1) is 0 Å². The van der Waals surface area contributed by atoms with Crippen LogP contribution in [-0.2, 0) is 10.0 Å². The number of aryl methyl sites for hydroxylation is 2. The van der Waals surface area contributed by atoms with E-state index in [2.05, 4.69) is 12.3 Å². The van der Waals surface area contributed by atoms with Gasteiger partial charge in [-0.05, 0) is 55.9 Å². The number of rotatable bonds is 4. The first-order chi connectivity index (χ1) is 9.90. The maximum Gasteiger partial charge on any atom is 0.243 e. The molecule has 0 spiro atoms. The molecule has 5 nitrogen and oxygen atoms in total. The largest absolute Gasteiger partial charge is 0.324 e. The molecular weight excluding hydrogens is 286 g/mol. The Labute approximate surface area is 127 Å². The lowest BCUT2D eigenvalue weighted by Crippen LogP contribution is -2.40. The predicted octanol–water partition coefficient (Wildman–Crippen LogP) is 2.40. The van der Waals surface area contributed by atoms with Crippen LogP contribution < -0.4 is 11.3 Å². The minimum Gasteiger partial charge on any atom is -0.324 e. The number of nitrogens with two attached hydrogens (primary N) is 1. The molecule has 1 aliphatic rings. The highest BCUT2D eigenvalue weighted by Gasteiger charge is 2.31. The number of anilines is 1. The molecule has 1 aliphatic heterocycles. The molecule has 1 aromatic rings. The number of benzene rings is 1. The van der Waals surface area contributed by atoms with Crippen molar-refractivity contribution in [2.45, 2.75) is 44.9 Å². The third-order valence-electron chi connectivity index (χ3n) is 4.28. The molecule has 1 aromatic carbocycles. The molecule has 118 valence electrons. The van der Waals surface area contributed by atoms with Crippen molar-refractivity contribution in [2.24, 2.45) is 11.8 Å². The second-order valence-electron chi connectivity index (χ2n) is 5.86. The van der Waals surface area contributed by atoms with Crippen LogP contribution in [0.5, 0.6) is 0 Å². The molecule has 6 heteroatoms. The molecule has 0 aliphatic carbocycles. The fraction of sp³-hybridized carbons (Fsp3) is 0.600. The molecule has 1 heterocycles. The average molecular weight is 311 g/mol. The first-order valence-electron chi connectivity index (χ1n) is 7.48. The van der Waals surface area contributed by atoms with Crippen LogP contribution in [-0.4, -0.2) is 25.8 Å². The van der Waals surface area contributed by atoms with Crippen molar-refractivity contribution in [3.63, 3.8) is 0 Å². The van der Waals surface area contributed by atoms with Crippen LogP contribution in [0.3, 0.4) is 0 Å². The Balaban J connectivity index is 2.40. The van der Waals surface area contributed by atoms with Crippen molar-refractivity contribution >= 4 is 15.7 Å². The first-order valence-corrected chi connectivity index (χ1v) is 8.92. The van der Waals surface area contributed by atoms with E-state index in [0.717, 1.165) is 36.1 Å². The summed E-state index contributed by atoms with van der Waals surface area (Å²) in [6.45, 7) is 7.02. The summed E-state index contributed by atoms with van der Waals surface area (Å²) < 4.78 is 27.6. The van der Waals surface area contributed by atoms with Crippen molar-refractivity contribution in [3.8, 4) is 0 Å². The van der Waals surface area contributed by atoms with Gasteiger partial charge in [0.15, 0.2) is 0 Å². The highest BCUT2D eigenvalue weighted by atomic mass is 32.2. The molecule has 0 saturated carbocycles. The molecule has 0 amide bonds. The minimum atomic E-state index is -3.43. The minimum absolute atomic E-state index is 0.429. The summed E-state index contributed by atoms with van der Waals surface area (Å²) in [6.07, 6.45) is 3.09. The number of nitrogens with zero attached hydrogens (tertiary/aromatic N) is 1. The molecule has 0 bridgehead atoms. The van der Waals surface area contributed by atoms with E-state index < -0.39 is 10.0 Å². The van der Waals surface area contributed by atoms with Crippen LogP contribution in [0.25, 0.3) is 0 Å². The maximum absolute atomic E-state index is 13.0. The summed E-state index contributed by atoms with van der Waals surface area (Å²) in [4.78, 5) is 0.429. The first kappa shape index (κ1) is 16.3. The van der Waals surface area contributed by atoms with E-state index in [1.165, 1.54) is 0 Å². The summed E-state index contributed by atoms with van der Waals surface area (Å²) in [5.74, 6) is 5.89. The Morgan fingerprint density at radius 1 is 1.33 bits per heavy atom. The number of hydrogen-bond acceptors (Lipinski definition) is 4. The Hall–Kier alpha value is -1.11. The molecule has 3 N–H and O–H groups in total. The molecule has 0 aromatic heterocycles. The van der Waals surface area contributed by atoms with E-state index >= 15 is 0 Å². The monoisotopic (exact) mass is 311 g/mol. The van der Waals surface area contributed by atoms with E-state index in [1.807, 2.05) is 13.8 Å². The van der Waals surface area contributed by atoms with Crippen LogP contribution in [0, 0.1) is 19.8 Å². The van der Waals surface area contributed by atoms with Crippen molar-refractivity contribution in [1.82, 2.24) is 4.31 Å². The zero-order chi connectivity index (χ0) is 15.6. The van der Waals surface area contributed by atoms with Gasteiger partial charge in [-0.3, -0.25) is 5.84 Å². The molecule has 1 saturated heterocycles. The number of nitrogen functional groups attached to an aromatic ring is 1. The van der Waals surface area contributed by atoms with Crippen LogP contribution in [0.4, 0.5) is 5.69 Å². The number of hydrogen-bond donors (Lipinski definition) is 2. The standard InChI is InChI=1S/C15H25N3O2S/c1-4-13-6-5-7-18(10-13)21(19,20)15-11(2)8-14(17-16)9-12(15)3/h8-9,13,17H,4-7,10,16H2,1-3H3. The molecule has 0 radical (unpaired) electrons. The fourth-order valence-corrected chi connectivity index (χ4v) is 5.11. The quantitative estimate of drug-likeness (QED) is 0.661. The maximum atomic E-state index is 13.0. The summed E-state index contributed by atoms with van der Waals surface area (Å²) >= 11 is 0. The number of hydrazine groups is 1. The van der Waals surface area contributed by atoms with Gasteiger partial charge in [-0.2, -0.15) is 4.31 Å². The molecule has 21 heavy (non-hydrogen) atoms. The number of piperidine rings is 1. The van der Waals surface area contributed by atoms with Gasteiger partial charge in [-0.25, -0.2) is 8.42 Å². The van der Waals surface area contributed by atoms with Gasteiger partial charge >= 0.3 is 0 Å². The van der Waals surface area contributed by atoms with E-state index in [0.29, 0.717) is 23.9 Å². The van der Waals surface area contributed by atoms with Crippen LogP contribution in [0.1, 0.15) is 37.3 Å².